The number of aromatic nitrogens is 3. The number of hydrogen-bond donors (Lipinski definition) is 0. The Kier molecular flexibility index (Phi) is 6.11. The summed E-state index contributed by atoms with van der Waals surface area (Å²) in [5.74, 6) is 2.30. The van der Waals surface area contributed by atoms with Gasteiger partial charge in [0.1, 0.15) is 11.6 Å². The zero-order valence-electron chi connectivity index (χ0n) is 18.9. The summed E-state index contributed by atoms with van der Waals surface area (Å²) < 4.78 is 5.42. The number of methoxy groups -OCH3 is 1. The second kappa shape index (κ2) is 9.49. The summed E-state index contributed by atoms with van der Waals surface area (Å²) in [5.41, 5.74) is 4.99. The van der Waals surface area contributed by atoms with Crippen molar-refractivity contribution in [2.24, 2.45) is 0 Å². The van der Waals surface area contributed by atoms with Gasteiger partial charge < -0.3 is 9.64 Å². The average Bonchev–Trinajstić information content (AvgIpc) is 2.88. The Morgan fingerprint density at radius 2 is 1.68 bits per heavy atom. The third-order valence-corrected chi connectivity index (χ3v) is 5.90. The molecule has 0 aliphatic rings. The number of halogens is 1. The summed E-state index contributed by atoms with van der Waals surface area (Å²) >= 11 is 6.23. The Morgan fingerprint density at radius 3 is 2.47 bits per heavy atom. The van der Waals surface area contributed by atoms with Gasteiger partial charge in [-0.3, -0.25) is 4.98 Å². The van der Waals surface area contributed by atoms with Crippen molar-refractivity contribution in [3.8, 4) is 28.3 Å². The zero-order valence-corrected chi connectivity index (χ0v) is 19.7. The van der Waals surface area contributed by atoms with Gasteiger partial charge in [0.15, 0.2) is 5.82 Å². The van der Waals surface area contributed by atoms with Crippen LogP contribution in [0.4, 0.5) is 5.82 Å². The minimum absolute atomic E-state index is 0.641. The van der Waals surface area contributed by atoms with Gasteiger partial charge in [0.25, 0.3) is 0 Å². The molecule has 5 nitrogen and oxygen atoms in total. The molecule has 0 atom stereocenters. The summed E-state index contributed by atoms with van der Waals surface area (Å²) in [6.07, 6.45) is 3.53. The van der Waals surface area contributed by atoms with Crippen molar-refractivity contribution in [2.75, 3.05) is 19.1 Å². The maximum Gasteiger partial charge on any atom is 0.163 e. The molecule has 5 rings (SSSR count). The van der Waals surface area contributed by atoms with Crippen LogP contribution in [0.3, 0.4) is 0 Å². The first-order chi connectivity index (χ1) is 16.6. The number of anilines is 1. The highest BCUT2D eigenvalue weighted by Gasteiger charge is 2.15. The topological polar surface area (TPSA) is 51.1 Å². The first-order valence-electron chi connectivity index (χ1n) is 10.9. The van der Waals surface area contributed by atoms with Crippen molar-refractivity contribution < 1.29 is 4.74 Å². The molecule has 34 heavy (non-hydrogen) atoms. The van der Waals surface area contributed by atoms with Crippen molar-refractivity contribution in [3.05, 3.63) is 102 Å². The molecule has 0 fully saturated rings. The first-order valence-corrected chi connectivity index (χ1v) is 11.3. The van der Waals surface area contributed by atoms with Crippen LogP contribution in [-0.2, 0) is 6.54 Å². The van der Waals surface area contributed by atoms with Crippen LogP contribution in [0.25, 0.3) is 33.4 Å². The summed E-state index contributed by atoms with van der Waals surface area (Å²) in [6.45, 7) is 0.655. The maximum absolute atomic E-state index is 6.23. The number of hydrogen-bond acceptors (Lipinski definition) is 5. The van der Waals surface area contributed by atoms with E-state index in [1.54, 1.807) is 19.5 Å². The standard InChI is InChI=1S/C28H23ClN4O/c1-33(18-19-6-3-9-23(29)14-19)28-25-16-21(20-7-4-10-24(15-20)34-2)11-12-26(25)31-27(32-28)22-8-5-13-30-17-22/h3-17H,18H2,1-2H3. The second-order valence-corrected chi connectivity index (χ2v) is 8.50. The fourth-order valence-electron chi connectivity index (χ4n) is 3.99. The van der Waals surface area contributed by atoms with Crippen LogP contribution in [0.1, 0.15) is 5.56 Å². The highest BCUT2D eigenvalue weighted by Crippen LogP contribution is 2.32. The van der Waals surface area contributed by atoms with Crippen molar-refractivity contribution in [2.45, 2.75) is 6.54 Å². The molecule has 0 unspecified atom stereocenters. The molecular formula is C28H23ClN4O. The fraction of sp³-hybridized carbons (Fsp3) is 0.107. The third-order valence-electron chi connectivity index (χ3n) is 5.67. The van der Waals surface area contributed by atoms with Crippen molar-refractivity contribution in [1.29, 1.82) is 0 Å². The Labute approximate surface area is 203 Å². The van der Waals surface area contributed by atoms with Crippen LogP contribution in [0.15, 0.2) is 91.3 Å². The van der Waals surface area contributed by atoms with Crippen LogP contribution in [0, 0.1) is 0 Å². The van der Waals surface area contributed by atoms with Gasteiger partial charge in [0, 0.05) is 42.0 Å². The highest BCUT2D eigenvalue weighted by molar-refractivity contribution is 6.30. The predicted octanol–water partition coefficient (Wildman–Crippen LogP) is 6.66. The molecule has 0 aliphatic carbocycles. The maximum atomic E-state index is 6.23. The lowest BCUT2D eigenvalue weighted by Gasteiger charge is -2.21. The average molecular weight is 467 g/mol. The van der Waals surface area contributed by atoms with Gasteiger partial charge in [0.2, 0.25) is 0 Å². The molecule has 0 saturated heterocycles. The Bertz CT molecular complexity index is 1460. The molecule has 0 radical (unpaired) electrons. The van der Waals surface area contributed by atoms with Gasteiger partial charge in [-0.1, -0.05) is 41.9 Å². The highest BCUT2D eigenvalue weighted by atomic mass is 35.5. The molecule has 2 aromatic heterocycles. The molecule has 168 valence electrons. The van der Waals surface area contributed by atoms with Gasteiger partial charge in [0.05, 0.1) is 12.6 Å². The molecule has 3 aromatic carbocycles. The van der Waals surface area contributed by atoms with E-state index >= 15 is 0 Å². The summed E-state index contributed by atoms with van der Waals surface area (Å²) in [6, 6.07) is 26.1. The van der Waals surface area contributed by atoms with E-state index in [-0.39, 0.29) is 0 Å². The number of benzene rings is 3. The Hall–Kier alpha value is -3.96. The minimum atomic E-state index is 0.641. The number of ether oxygens (including phenoxy) is 1. The van der Waals surface area contributed by atoms with E-state index in [1.165, 1.54) is 0 Å². The van der Waals surface area contributed by atoms with Gasteiger partial charge in [-0.15, -0.1) is 0 Å². The molecule has 0 saturated carbocycles. The lowest BCUT2D eigenvalue weighted by molar-refractivity contribution is 0.415. The molecule has 0 bridgehead atoms. The molecule has 0 spiro atoms. The Balaban J connectivity index is 1.65. The van der Waals surface area contributed by atoms with Crippen molar-refractivity contribution in [1.82, 2.24) is 15.0 Å². The quantitative estimate of drug-likeness (QED) is 0.280. The SMILES string of the molecule is COc1cccc(-c2ccc3nc(-c4cccnc4)nc(N(C)Cc4cccc(Cl)c4)c3c2)c1. The molecule has 2 heterocycles. The van der Waals surface area contributed by atoms with E-state index in [4.69, 9.17) is 26.3 Å². The van der Waals surface area contributed by atoms with Crippen LogP contribution < -0.4 is 9.64 Å². The normalized spacial score (nSPS) is 10.9. The van der Waals surface area contributed by atoms with Gasteiger partial charge in [-0.05, 0) is 65.2 Å². The summed E-state index contributed by atoms with van der Waals surface area (Å²) in [4.78, 5) is 16.2. The molecule has 5 aromatic rings. The lowest BCUT2D eigenvalue weighted by atomic mass is 10.0. The number of rotatable bonds is 6. The molecular weight excluding hydrogens is 444 g/mol. The molecule has 0 aliphatic heterocycles. The largest absolute Gasteiger partial charge is 0.497 e. The fourth-order valence-corrected chi connectivity index (χ4v) is 4.21. The number of nitrogens with zero attached hydrogens (tertiary/aromatic N) is 4. The van der Waals surface area contributed by atoms with E-state index < -0.39 is 0 Å². The third kappa shape index (κ3) is 4.56. The van der Waals surface area contributed by atoms with E-state index in [0.717, 1.165) is 49.7 Å². The van der Waals surface area contributed by atoms with Crippen LogP contribution in [0.5, 0.6) is 5.75 Å². The van der Waals surface area contributed by atoms with Crippen LogP contribution in [-0.4, -0.2) is 29.1 Å². The van der Waals surface area contributed by atoms with Crippen LogP contribution >= 0.6 is 11.6 Å². The number of pyridine rings is 1. The monoisotopic (exact) mass is 466 g/mol. The van der Waals surface area contributed by atoms with Gasteiger partial charge in [-0.25, -0.2) is 9.97 Å². The molecule has 0 N–H and O–H groups in total. The van der Waals surface area contributed by atoms with E-state index in [2.05, 4.69) is 34.1 Å². The van der Waals surface area contributed by atoms with Crippen molar-refractivity contribution >= 4 is 28.3 Å². The second-order valence-electron chi connectivity index (χ2n) is 8.06. The lowest BCUT2D eigenvalue weighted by Crippen LogP contribution is -2.18. The number of fused-ring (bicyclic) bond motifs is 1. The molecule has 6 heteroatoms. The van der Waals surface area contributed by atoms with Crippen molar-refractivity contribution in [3.63, 3.8) is 0 Å². The van der Waals surface area contributed by atoms with Gasteiger partial charge >= 0.3 is 0 Å². The zero-order chi connectivity index (χ0) is 23.5. The molecule has 0 amide bonds. The summed E-state index contributed by atoms with van der Waals surface area (Å²) in [7, 11) is 3.71. The smallest absolute Gasteiger partial charge is 0.163 e. The summed E-state index contributed by atoms with van der Waals surface area (Å²) in [5, 5.41) is 1.69. The van der Waals surface area contributed by atoms with E-state index in [0.29, 0.717) is 12.4 Å². The van der Waals surface area contributed by atoms with E-state index in [1.807, 2.05) is 61.6 Å². The van der Waals surface area contributed by atoms with E-state index in [9.17, 15) is 0 Å². The predicted molar refractivity (Wildman–Crippen MR) is 138 cm³/mol. The first kappa shape index (κ1) is 21.9. The minimum Gasteiger partial charge on any atom is -0.497 e. The van der Waals surface area contributed by atoms with Crippen LogP contribution in [0.2, 0.25) is 5.02 Å². The van der Waals surface area contributed by atoms with Gasteiger partial charge in [-0.2, -0.15) is 0 Å². The Morgan fingerprint density at radius 1 is 0.853 bits per heavy atom.